The predicted molar refractivity (Wildman–Crippen MR) is 61.3 cm³/mol. The molecule has 3 rings (SSSR count). The Morgan fingerprint density at radius 2 is 2.31 bits per heavy atom. The van der Waals surface area contributed by atoms with E-state index in [4.69, 9.17) is 5.73 Å². The number of nitrogens with two attached hydrogens (primary N) is 1. The molecule has 0 aromatic heterocycles. The highest BCUT2D eigenvalue weighted by molar-refractivity contribution is 6.06. The third-order valence-electron chi connectivity index (χ3n) is 4.16. The molecule has 3 N–H and O–H groups in total. The number of amidine groups is 1. The number of piperidine rings is 1. The fraction of sp³-hybridized carbons (Fsp3) is 0.818. The quantitative estimate of drug-likeness (QED) is 0.670. The smallest absolute Gasteiger partial charge is 0.346 e. The fourth-order valence-corrected chi connectivity index (χ4v) is 3.11. The molecular formula is C11H18N4O. The van der Waals surface area contributed by atoms with Crippen LogP contribution in [-0.4, -0.2) is 41.4 Å². The van der Waals surface area contributed by atoms with E-state index in [1.807, 2.05) is 4.90 Å². The van der Waals surface area contributed by atoms with Gasteiger partial charge in [-0.3, -0.25) is 0 Å². The van der Waals surface area contributed by atoms with E-state index in [-0.39, 0.29) is 11.6 Å². The Kier molecular flexibility index (Phi) is 2.01. The van der Waals surface area contributed by atoms with Gasteiger partial charge in [-0.15, -0.1) is 0 Å². The number of carbonyl (C=O) groups excluding carboxylic acids is 1. The second-order valence-electron chi connectivity index (χ2n) is 5.16. The first-order valence-corrected chi connectivity index (χ1v) is 6.05. The number of hydrogen-bond acceptors (Lipinski definition) is 3. The van der Waals surface area contributed by atoms with Crippen LogP contribution in [0.4, 0.5) is 4.79 Å². The molecule has 2 atom stereocenters. The van der Waals surface area contributed by atoms with E-state index in [9.17, 15) is 4.79 Å². The summed E-state index contributed by atoms with van der Waals surface area (Å²) in [4.78, 5) is 17.9. The van der Waals surface area contributed by atoms with Crippen LogP contribution >= 0.6 is 0 Å². The first kappa shape index (κ1) is 10.1. The van der Waals surface area contributed by atoms with Gasteiger partial charge in [0.25, 0.3) is 0 Å². The van der Waals surface area contributed by atoms with Gasteiger partial charge in [0.2, 0.25) is 0 Å². The zero-order valence-corrected chi connectivity index (χ0v) is 9.57. The maximum atomic E-state index is 11.9. The van der Waals surface area contributed by atoms with Gasteiger partial charge in [0.15, 0.2) is 0 Å². The van der Waals surface area contributed by atoms with Crippen molar-refractivity contribution >= 4 is 11.9 Å². The first-order chi connectivity index (χ1) is 7.66. The average Bonchev–Trinajstić information content (AvgIpc) is 3.01. The Bertz CT molecular complexity index is 363. The fourth-order valence-electron chi connectivity index (χ4n) is 3.11. The lowest BCUT2D eigenvalue weighted by Crippen LogP contribution is -2.64. The zero-order chi connectivity index (χ0) is 11.3. The molecule has 0 aromatic rings. The highest BCUT2D eigenvalue weighted by Crippen LogP contribution is 2.43. The van der Waals surface area contributed by atoms with Gasteiger partial charge in [-0.1, -0.05) is 6.92 Å². The number of hydrogen-bond donors (Lipinski definition) is 2. The molecule has 0 radical (unpaired) electrons. The molecule has 2 amide bonds. The van der Waals surface area contributed by atoms with Gasteiger partial charge in [-0.05, 0) is 31.7 Å². The molecule has 3 aliphatic rings. The SMILES string of the molecule is CC1CNCCC12C(N)=NC(=O)N2C1CC1. The molecule has 5 heteroatoms. The van der Waals surface area contributed by atoms with Crippen LogP contribution < -0.4 is 11.1 Å². The largest absolute Gasteiger partial charge is 0.385 e. The molecule has 0 aromatic carbocycles. The van der Waals surface area contributed by atoms with Crippen molar-refractivity contribution in [3.05, 3.63) is 0 Å². The van der Waals surface area contributed by atoms with Crippen molar-refractivity contribution in [1.29, 1.82) is 0 Å². The van der Waals surface area contributed by atoms with E-state index >= 15 is 0 Å². The number of amides is 2. The molecule has 1 saturated carbocycles. The summed E-state index contributed by atoms with van der Waals surface area (Å²) in [5.41, 5.74) is 5.75. The zero-order valence-electron chi connectivity index (χ0n) is 9.57. The molecule has 5 nitrogen and oxygen atoms in total. The van der Waals surface area contributed by atoms with E-state index in [1.54, 1.807) is 0 Å². The van der Waals surface area contributed by atoms with Crippen molar-refractivity contribution in [2.24, 2.45) is 16.6 Å². The van der Waals surface area contributed by atoms with Gasteiger partial charge in [-0.2, -0.15) is 4.99 Å². The van der Waals surface area contributed by atoms with Crippen LogP contribution in [0.3, 0.4) is 0 Å². The van der Waals surface area contributed by atoms with Gasteiger partial charge in [0.05, 0.1) is 0 Å². The highest BCUT2D eigenvalue weighted by Gasteiger charge is 2.56. The predicted octanol–water partition coefficient (Wildman–Crippen LogP) is 0.310. The van der Waals surface area contributed by atoms with Crippen LogP contribution in [0.25, 0.3) is 0 Å². The van der Waals surface area contributed by atoms with Gasteiger partial charge in [-0.25, -0.2) is 4.79 Å². The Hall–Kier alpha value is -1.10. The van der Waals surface area contributed by atoms with Gasteiger partial charge < -0.3 is 16.0 Å². The summed E-state index contributed by atoms with van der Waals surface area (Å²) < 4.78 is 0. The molecule has 1 spiro atoms. The van der Waals surface area contributed by atoms with Crippen molar-refractivity contribution in [3.8, 4) is 0 Å². The lowest BCUT2D eigenvalue weighted by Gasteiger charge is -2.45. The minimum Gasteiger partial charge on any atom is -0.385 e. The minimum absolute atomic E-state index is 0.117. The van der Waals surface area contributed by atoms with Crippen LogP contribution in [0.15, 0.2) is 4.99 Å². The van der Waals surface area contributed by atoms with Gasteiger partial charge in [0, 0.05) is 12.6 Å². The Morgan fingerprint density at radius 1 is 1.56 bits per heavy atom. The molecular weight excluding hydrogens is 204 g/mol. The number of urea groups is 1. The van der Waals surface area contributed by atoms with Crippen LogP contribution in [0, 0.1) is 5.92 Å². The summed E-state index contributed by atoms with van der Waals surface area (Å²) >= 11 is 0. The standard InChI is InChI=1S/C11H18N4O/c1-7-6-13-5-4-11(7)9(12)14-10(16)15(11)8-2-3-8/h7-8,13H,2-6H2,1H3,(H2,12,14,16). The molecule has 88 valence electrons. The minimum atomic E-state index is -0.288. The number of carbonyl (C=O) groups is 1. The Morgan fingerprint density at radius 3 is 2.94 bits per heavy atom. The number of nitrogens with one attached hydrogen (secondary N) is 1. The lowest BCUT2D eigenvalue weighted by molar-refractivity contribution is 0.104. The summed E-state index contributed by atoms with van der Waals surface area (Å²) in [7, 11) is 0. The first-order valence-electron chi connectivity index (χ1n) is 6.05. The number of nitrogens with zero attached hydrogens (tertiary/aromatic N) is 2. The summed E-state index contributed by atoms with van der Waals surface area (Å²) in [6.45, 7) is 3.98. The Labute approximate surface area is 95.1 Å². The van der Waals surface area contributed by atoms with E-state index in [1.165, 1.54) is 0 Å². The van der Waals surface area contributed by atoms with Crippen LogP contribution in [-0.2, 0) is 0 Å². The molecule has 2 fully saturated rings. The van der Waals surface area contributed by atoms with Crippen molar-refractivity contribution in [1.82, 2.24) is 10.2 Å². The third-order valence-corrected chi connectivity index (χ3v) is 4.16. The monoisotopic (exact) mass is 222 g/mol. The van der Waals surface area contributed by atoms with E-state index in [0.717, 1.165) is 32.4 Å². The average molecular weight is 222 g/mol. The van der Waals surface area contributed by atoms with E-state index in [2.05, 4.69) is 17.2 Å². The Balaban J connectivity index is 2.00. The van der Waals surface area contributed by atoms with Crippen molar-refractivity contribution in [2.75, 3.05) is 13.1 Å². The lowest BCUT2D eigenvalue weighted by atomic mass is 9.77. The molecule has 2 aliphatic heterocycles. The van der Waals surface area contributed by atoms with Gasteiger partial charge >= 0.3 is 6.03 Å². The topological polar surface area (TPSA) is 70.7 Å². The second kappa shape index (κ2) is 3.20. The molecule has 2 unspecified atom stereocenters. The second-order valence-corrected chi connectivity index (χ2v) is 5.16. The maximum Gasteiger partial charge on any atom is 0.346 e. The van der Waals surface area contributed by atoms with E-state index < -0.39 is 0 Å². The van der Waals surface area contributed by atoms with Crippen LogP contribution in [0.1, 0.15) is 26.2 Å². The molecule has 2 heterocycles. The normalized spacial score (nSPS) is 39.3. The van der Waals surface area contributed by atoms with E-state index in [0.29, 0.717) is 17.8 Å². The molecule has 1 saturated heterocycles. The highest BCUT2D eigenvalue weighted by atomic mass is 16.2. The van der Waals surface area contributed by atoms with Gasteiger partial charge in [0.1, 0.15) is 11.4 Å². The maximum absolute atomic E-state index is 11.9. The third kappa shape index (κ3) is 1.15. The summed E-state index contributed by atoms with van der Waals surface area (Å²) in [5.74, 6) is 0.885. The summed E-state index contributed by atoms with van der Waals surface area (Å²) in [6.07, 6.45) is 3.11. The molecule has 16 heavy (non-hydrogen) atoms. The number of rotatable bonds is 1. The van der Waals surface area contributed by atoms with Crippen LogP contribution in [0.2, 0.25) is 0 Å². The number of aliphatic imine (C=N–C) groups is 1. The van der Waals surface area contributed by atoms with Crippen LogP contribution in [0.5, 0.6) is 0 Å². The van der Waals surface area contributed by atoms with Crippen molar-refractivity contribution in [2.45, 2.75) is 37.8 Å². The summed E-state index contributed by atoms with van der Waals surface area (Å²) in [6, 6.07) is 0.270. The molecule has 1 aliphatic carbocycles. The van der Waals surface area contributed by atoms with Crippen molar-refractivity contribution in [3.63, 3.8) is 0 Å². The molecule has 0 bridgehead atoms. The van der Waals surface area contributed by atoms with Crippen molar-refractivity contribution < 1.29 is 4.79 Å². The summed E-state index contributed by atoms with van der Waals surface area (Å²) in [5, 5.41) is 3.35.